The van der Waals surface area contributed by atoms with Crippen molar-refractivity contribution in [1.29, 1.82) is 0 Å². The number of rotatable bonds is 10. The van der Waals surface area contributed by atoms with Crippen molar-refractivity contribution in [3.63, 3.8) is 0 Å². The predicted octanol–water partition coefficient (Wildman–Crippen LogP) is 7.75. The van der Waals surface area contributed by atoms with Crippen molar-refractivity contribution in [3.05, 3.63) is 65.7 Å². The number of ether oxygens (including phenoxy) is 2. The van der Waals surface area contributed by atoms with Crippen LogP contribution < -0.4 is 14.8 Å². The fourth-order valence-corrected chi connectivity index (χ4v) is 8.25. The third kappa shape index (κ3) is 5.37. The lowest BCUT2D eigenvalue weighted by Gasteiger charge is -2.63. The molecule has 6 rings (SSSR count). The van der Waals surface area contributed by atoms with Gasteiger partial charge in [0, 0.05) is 5.54 Å². The summed E-state index contributed by atoms with van der Waals surface area (Å²) in [5.41, 5.74) is 4.69. The first-order chi connectivity index (χ1) is 17.3. The molecule has 0 amide bonds. The van der Waals surface area contributed by atoms with Crippen LogP contribution in [0.25, 0.3) is 5.57 Å². The molecule has 0 aromatic heterocycles. The van der Waals surface area contributed by atoms with E-state index in [1.165, 1.54) is 61.6 Å². The third-order valence-electron chi connectivity index (χ3n) is 9.08. The van der Waals surface area contributed by atoms with Gasteiger partial charge in [0.2, 0.25) is 0 Å². The van der Waals surface area contributed by atoms with Crippen molar-refractivity contribution in [2.24, 2.45) is 29.1 Å². The monoisotopic (exact) mass is 487 g/mol. The van der Waals surface area contributed by atoms with Gasteiger partial charge >= 0.3 is 0 Å². The molecule has 36 heavy (non-hydrogen) atoms. The Morgan fingerprint density at radius 2 is 1.39 bits per heavy atom. The van der Waals surface area contributed by atoms with E-state index in [4.69, 9.17) is 9.47 Å². The number of benzene rings is 2. The zero-order chi connectivity index (χ0) is 25.3. The van der Waals surface area contributed by atoms with Crippen LogP contribution in [0.2, 0.25) is 0 Å². The second-order valence-corrected chi connectivity index (χ2v) is 12.7. The van der Waals surface area contributed by atoms with E-state index in [2.05, 4.69) is 80.7 Å². The Balaban J connectivity index is 1.41. The van der Waals surface area contributed by atoms with E-state index in [1.807, 2.05) is 0 Å². The van der Waals surface area contributed by atoms with Crippen LogP contribution in [-0.2, 0) is 0 Å². The van der Waals surface area contributed by atoms with E-state index in [0.717, 1.165) is 29.9 Å². The second-order valence-electron chi connectivity index (χ2n) is 12.7. The maximum Gasteiger partial charge on any atom is 0.118 e. The van der Waals surface area contributed by atoms with Gasteiger partial charge in [0.05, 0.1) is 14.2 Å². The van der Waals surface area contributed by atoms with Crippen LogP contribution in [0.15, 0.2) is 54.6 Å². The molecule has 1 N–H and O–H groups in total. The van der Waals surface area contributed by atoms with Crippen molar-refractivity contribution >= 4 is 5.57 Å². The SMILES string of the molecule is COc1ccc(C(=CC(C)CC23CC4CC(C2)CC(NCC(C)C)(C4)C3)c2ccc(OC)cc2)cc1. The Morgan fingerprint density at radius 1 is 0.861 bits per heavy atom. The van der Waals surface area contributed by atoms with Gasteiger partial charge in [-0.1, -0.05) is 51.1 Å². The molecule has 3 unspecified atom stereocenters. The molecule has 2 aromatic rings. The lowest BCUT2D eigenvalue weighted by molar-refractivity contribution is -0.0898. The van der Waals surface area contributed by atoms with Gasteiger partial charge in [-0.2, -0.15) is 0 Å². The van der Waals surface area contributed by atoms with Gasteiger partial charge in [-0.15, -0.1) is 0 Å². The summed E-state index contributed by atoms with van der Waals surface area (Å²) in [6.07, 6.45) is 12.4. The summed E-state index contributed by atoms with van der Waals surface area (Å²) in [6, 6.07) is 17.0. The molecule has 0 radical (unpaired) electrons. The highest BCUT2D eigenvalue weighted by Gasteiger charge is 2.57. The maximum atomic E-state index is 5.43. The van der Waals surface area contributed by atoms with Gasteiger partial charge in [0.1, 0.15) is 11.5 Å². The van der Waals surface area contributed by atoms with Crippen LogP contribution in [0, 0.1) is 29.1 Å². The molecular formula is C33H45NO2. The standard InChI is InChI=1S/C33H45NO2/c1-23(2)21-34-33-19-25-15-26(20-33)18-32(17-25,22-33)16-24(3)14-31(27-6-10-29(35-4)11-7-27)28-8-12-30(36-5)13-9-28/h6-14,23-26,34H,15-22H2,1-5H3. The summed E-state index contributed by atoms with van der Waals surface area (Å²) < 4.78 is 10.9. The van der Waals surface area contributed by atoms with Gasteiger partial charge in [-0.05, 0) is 122 Å². The highest BCUT2D eigenvalue weighted by atomic mass is 16.5. The minimum Gasteiger partial charge on any atom is -0.497 e. The van der Waals surface area contributed by atoms with Gasteiger partial charge in [0.25, 0.3) is 0 Å². The molecule has 0 heterocycles. The first-order valence-electron chi connectivity index (χ1n) is 14.1. The second kappa shape index (κ2) is 10.2. The van der Waals surface area contributed by atoms with E-state index in [9.17, 15) is 0 Å². The molecule has 4 fully saturated rings. The van der Waals surface area contributed by atoms with E-state index >= 15 is 0 Å². The van der Waals surface area contributed by atoms with E-state index in [0.29, 0.717) is 22.8 Å². The molecule has 4 aliphatic rings. The van der Waals surface area contributed by atoms with E-state index in [-0.39, 0.29) is 0 Å². The smallest absolute Gasteiger partial charge is 0.118 e. The number of hydrogen-bond acceptors (Lipinski definition) is 3. The van der Waals surface area contributed by atoms with Crippen LogP contribution >= 0.6 is 0 Å². The average Bonchev–Trinajstić information content (AvgIpc) is 2.85. The molecule has 3 atom stereocenters. The maximum absolute atomic E-state index is 5.43. The Hall–Kier alpha value is -2.26. The molecule has 0 saturated heterocycles. The molecule has 3 nitrogen and oxygen atoms in total. The molecule has 3 heteroatoms. The minimum absolute atomic E-state index is 0.395. The molecule has 2 aromatic carbocycles. The first-order valence-corrected chi connectivity index (χ1v) is 14.1. The number of allylic oxidation sites excluding steroid dienone is 1. The zero-order valence-electron chi connectivity index (χ0n) is 23.0. The van der Waals surface area contributed by atoms with E-state index in [1.54, 1.807) is 14.2 Å². The highest BCUT2D eigenvalue weighted by molar-refractivity contribution is 5.80. The Morgan fingerprint density at radius 3 is 1.86 bits per heavy atom. The van der Waals surface area contributed by atoms with Crippen molar-refractivity contribution in [1.82, 2.24) is 5.32 Å². The normalized spacial score (nSPS) is 29.3. The summed E-state index contributed by atoms with van der Waals surface area (Å²) in [6.45, 7) is 8.29. The van der Waals surface area contributed by atoms with Crippen molar-refractivity contribution in [2.45, 2.75) is 71.3 Å². The van der Waals surface area contributed by atoms with Gasteiger partial charge < -0.3 is 14.8 Å². The molecule has 4 bridgehead atoms. The lowest BCUT2D eigenvalue weighted by Crippen LogP contribution is -2.62. The van der Waals surface area contributed by atoms with Crippen LogP contribution in [-0.4, -0.2) is 26.3 Å². The topological polar surface area (TPSA) is 30.5 Å². The minimum atomic E-state index is 0.395. The van der Waals surface area contributed by atoms with Gasteiger partial charge in [-0.3, -0.25) is 0 Å². The Labute approximate surface area is 218 Å². The van der Waals surface area contributed by atoms with E-state index < -0.39 is 0 Å². The molecule has 194 valence electrons. The van der Waals surface area contributed by atoms with Gasteiger partial charge in [-0.25, -0.2) is 0 Å². The number of nitrogens with one attached hydrogen (secondary N) is 1. The summed E-state index contributed by atoms with van der Waals surface area (Å²) in [4.78, 5) is 0. The number of hydrogen-bond donors (Lipinski definition) is 1. The molecule has 0 spiro atoms. The van der Waals surface area contributed by atoms with Crippen molar-refractivity contribution < 1.29 is 9.47 Å². The summed E-state index contributed by atoms with van der Waals surface area (Å²) in [5.74, 6) is 4.87. The Kier molecular flexibility index (Phi) is 7.23. The Bertz CT molecular complexity index is 989. The summed E-state index contributed by atoms with van der Waals surface area (Å²) in [5, 5.41) is 4.10. The average molecular weight is 488 g/mol. The molecule has 4 aliphatic carbocycles. The van der Waals surface area contributed by atoms with Crippen LogP contribution in [0.4, 0.5) is 0 Å². The largest absolute Gasteiger partial charge is 0.497 e. The van der Waals surface area contributed by atoms with Crippen molar-refractivity contribution in [2.75, 3.05) is 20.8 Å². The zero-order valence-corrected chi connectivity index (χ0v) is 23.0. The fraction of sp³-hybridized carbons (Fsp3) is 0.576. The highest BCUT2D eigenvalue weighted by Crippen LogP contribution is 2.63. The van der Waals surface area contributed by atoms with Crippen LogP contribution in [0.1, 0.15) is 76.8 Å². The van der Waals surface area contributed by atoms with Crippen molar-refractivity contribution in [3.8, 4) is 11.5 Å². The van der Waals surface area contributed by atoms with Crippen LogP contribution in [0.5, 0.6) is 11.5 Å². The summed E-state index contributed by atoms with van der Waals surface area (Å²) >= 11 is 0. The number of methoxy groups -OCH3 is 2. The quantitative estimate of drug-likeness (QED) is 0.372. The molecule has 4 saturated carbocycles. The summed E-state index contributed by atoms with van der Waals surface area (Å²) in [7, 11) is 3.46. The molecular weight excluding hydrogens is 442 g/mol. The lowest BCUT2D eigenvalue weighted by atomic mass is 9.45. The first kappa shape index (κ1) is 25.4. The fourth-order valence-electron chi connectivity index (χ4n) is 8.25. The molecule has 0 aliphatic heterocycles. The third-order valence-corrected chi connectivity index (χ3v) is 9.08. The van der Waals surface area contributed by atoms with Gasteiger partial charge in [0.15, 0.2) is 0 Å². The van der Waals surface area contributed by atoms with Crippen LogP contribution in [0.3, 0.4) is 0 Å². The predicted molar refractivity (Wildman–Crippen MR) is 150 cm³/mol.